The maximum Gasteiger partial charge on any atom is 0.142 e. The van der Waals surface area contributed by atoms with Gasteiger partial charge in [-0.25, -0.2) is 4.39 Å². The summed E-state index contributed by atoms with van der Waals surface area (Å²) in [4.78, 5) is 0. The van der Waals surface area contributed by atoms with Crippen molar-refractivity contribution in [3.8, 4) is 0 Å². The molecule has 0 aromatic heterocycles. The monoisotopic (exact) mass is 283 g/mol. The van der Waals surface area contributed by atoms with E-state index < -0.39 is 5.82 Å². The maximum atomic E-state index is 13.2. The first-order valence-corrected chi connectivity index (χ1v) is 6.26. The molecule has 0 aliphatic carbocycles. The normalized spacial score (nSPS) is 11.8. The zero-order chi connectivity index (χ0) is 12.2. The van der Waals surface area contributed by atoms with Gasteiger partial charge in [0.25, 0.3) is 0 Å². The third-order valence-corrected chi connectivity index (χ3v) is 3.78. The molecule has 0 bridgehead atoms. The van der Waals surface area contributed by atoms with Gasteiger partial charge >= 0.3 is 0 Å². The predicted molar refractivity (Wildman–Crippen MR) is 68.1 cm³/mol. The van der Waals surface area contributed by atoms with Crippen LogP contribution in [0, 0.1) is 5.82 Å². The van der Waals surface area contributed by atoms with E-state index in [0.717, 1.165) is 5.56 Å². The molecule has 16 heavy (non-hydrogen) atoms. The van der Waals surface area contributed by atoms with Crippen LogP contribution in [0.1, 0.15) is 12.5 Å². The largest absolute Gasteiger partial charge is 0.305 e. The van der Waals surface area contributed by atoms with Gasteiger partial charge in [-0.1, -0.05) is 17.7 Å². The fourth-order valence-electron chi connectivity index (χ4n) is 1.10. The minimum absolute atomic E-state index is 0.126. The van der Waals surface area contributed by atoms with Crippen LogP contribution in [0.15, 0.2) is 18.2 Å². The molecule has 0 heterocycles. The lowest BCUT2D eigenvalue weighted by Gasteiger charge is -2.26. The summed E-state index contributed by atoms with van der Waals surface area (Å²) >= 11 is 17.2. The van der Waals surface area contributed by atoms with E-state index in [1.165, 1.54) is 12.1 Å². The van der Waals surface area contributed by atoms with Crippen LogP contribution < -0.4 is 5.32 Å². The standard InChI is InChI=1S/C11H13Cl3FN/c1-11(6-12,7-13)16-5-8-2-3-9(14)10(15)4-8/h2-4,16H,5-7H2,1H3. The lowest BCUT2D eigenvalue weighted by atomic mass is 10.1. The molecule has 1 aromatic rings. The second-order valence-electron chi connectivity index (χ2n) is 3.93. The molecular formula is C11H13Cl3FN. The van der Waals surface area contributed by atoms with Crippen molar-refractivity contribution in [2.45, 2.75) is 19.0 Å². The lowest BCUT2D eigenvalue weighted by molar-refractivity contribution is 0.434. The van der Waals surface area contributed by atoms with E-state index >= 15 is 0 Å². The Bertz CT molecular complexity index is 353. The average molecular weight is 285 g/mol. The molecule has 1 aromatic carbocycles. The number of halogens is 4. The molecule has 5 heteroatoms. The number of rotatable bonds is 5. The summed E-state index contributed by atoms with van der Waals surface area (Å²) in [7, 11) is 0. The number of hydrogen-bond donors (Lipinski definition) is 1. The predicted octanol–water partition coefficient (Wildman–Crippen LogP) is 3.81. The van der Waals surface area contributed by atoms with E-state index in [9.17, 15) is 4.39 Å². The molecule has 1 nitrogen and oxygen atoms in total. The molecule has 0 aliphatic rings. The van der Waals surface area contributed by atoms with Crippen LogP contribution >= 0.6 is 34.8 Å². The summed E-state index contributed by atoms with van der Waals surface area (Å²) < 4.78 is 13.2. The molecule has 0 fully saturated rings. The Balaban J connectivity index is 2.64. The Hall–Kier alpha value is -0.0200. The molecule has 0 radical (unpaired) electrons. The molecule has 1 N–H and O–H groups in total. The smallest absolute Gasteiger partial charge is 0.142 e. The van der Waals surface area contributed by atoms with Crippen LogP contribution in [0.25, 0.3) is 0 Å². The van der Waals surface area contributed by atoms with Crippen LogP contribution in [0.4, 0.5) is 4.39 Å². The molecule has 0 saturated carbocycles. The summed E-state index contributed by atoms with van der Waals surface area (Å²) in [6, 6.07) is 4.70. The van der Waals surface area contributed by atoms with Gasteiger partial charge in [0.1, 0.15) is 5.82 Å². The third-order valence-electron chi connectivity index (χ3n) is 2.29. The zero-order valence-electron chi connectivity index (χ0n) is 8.87. The van der Waals surface area contributed by atoms with Crippen molar-refractivity contribution in [3.05, 3.63) is 34.6 Å². The zero-order valence-corrected chi connectivity index (χ0v) is 11.1. The second-order valence-corrected chi connectivity index (χ2v) is 4.87. The SMILES string of the molecule is CC(CCl)(CCl)NCc1ccc(Cl)c(F)c1. The van der Waals surface area contributed by atoms with Gasteiger partial charge in [0, 0.05) is 23.8 Å². The summed E-state index contributed by atoms with van der Waals surface area (Å²) in [6.45, 7) is 2.42. The van der Waals surface area contributed by atoms with Crippen LogP contribution in [-0.2, 0) is 6.54 Å². The van der Waals surface area contributed by atoms with E-state index in [4.69, 9.17) is 34.8 Å². The summed E-state index contributed by atoms with van der Waals surface area (Å²) in [6.07, 6.45) is 0. The summed E-state index contributed by atoms with van der Waals surface area (Å²) in [5.74, 6) is 0.374. The first-order valence-electron chi connectivity index (χ1n) is 4.81. The van der Waals surface area contributed by atoms with Gasteiger partial charge in [0.15, 0.2) is 0 Å². The van der Waals surface area contributed by atoms with Crippen LogP contribution in [-0.4, -0.2) is 17.3 Å². The van der Waals surface area contributed by atoms with Gasteiger partial charge in [-0.2, -0.15) is 0 Å². The second kappa shape index (κ2) is 6.06. The van der Waals surface area contributed by atoms with Crippen LogP contribution in [0.2, 0.25) is 5.02 Å². The number of benzene rings is 1. The topological polar surface area (TPSA) is 12.0 Å². The first-order chi connectivity index (χ1) is 7.50. The molecule has 1 rings (SSSR count). The highest BCUT2D eigenvalue weighted by Crippen LogP contribution is 2.16. The van der Waals surface area contributed by atoms with Crippen molar-refractivity contribution >= 4 is 34.8 Å². The van der Waals surface area contributed by atoms with E-state index in [1.54, 1.807) is 6.07 Å². The molecule has 0 amide bonds. The Morgan fingerprint density at radius 2 is 1.94 bits per heavy atom. The van der Waals surface area contributed by atoms with Gasteiger partial charge in [-0.05, 0) is 24.6 Å². The lowest BCUT2D eigenvalue weighted by Crippen LogP contribution is -2.45. The number of nitrogens with one attached hydrogen (secondary N) is 1. The Morgan fingerprint density at radius 3 is 2.44 bits per heavy atom. The Labute approximate surface area is 110 Å². The minimum atomic E-state index is -0.417. The third kappa shape index (κ3) is 3.77. The molecule has 0 unspecified atom stereocenters. The van der Waals surface area contributed by atoms with Gasteiger partial charge in [-0.15, -0.1) is 23.2 Å². The van der Waals surface area contributed by atoms with E-state index in [1.807, 2.05) is 6.92 Å². The van der Waals surface area contributed by atoms with Crippen molar-refractivity contribution in [1.82, 2.24) is 5.32 Å². The molecule has 0 spiro atoms. The van der Waals surface area contributed by atoms with Crippen molar-refractivity contribution < 1.29 is 4.39 Å². The minimum Gasteiger partial charge on any atom is -0.305 e. The highest BCUT2D eigenvalue weighted by atomic mass is 35.5. The van der Waals surface area contributed by atoms with Crippen molar-refractivity contribution in [2.24, 2.45) is 0 Å². The summed E-state index contributed by atoms with van der Waals surface area (Å²) in [5, 5.41) is 3.31. The van der Waals surface area contributed by atoms with Crippen molar-refractivity contribution in [3.63, 3.8) is 0 Å². The van der Waals surface area contributed by atoms with Gasteiger partial charge in [-0.3, -0.25) is 0 Å². The van der Waals surface area contributed by atoms with E-state index in [0.29, 0.717) is 18.3 Å². The maximum absolute atomic E-state index is 13.2. The number of hydrogen-bond acceptors (Lipinski definition) is 1. The average Bonchev–Trinajstić information content (AvgIpc) is 2.30. The van der Waals surface area contributed by atoms with Crippen molar-refractivity contribution in [2.75, 3.05) is 11.8 Å². The first kappa shape index (κ1) is 14.0. The fourth-order valence-corrected chi connectivity index (χ4v) is 1.69. The van der Waals surface area contributed by atoms with Gasteiger partial charge < -0.3 is 5.32 Å². The molecule has 0 atom stereocenters. The van der Waals surface area contributed by atoms with E-state index in [-0.39, 0.29) is 10.6 Å². The van der Waals surface area contributed by atoms with Crippen LogP contribution in [0.5, 0.6) is 0 Å². The highest BCUT2D eigenvalue weighted by molar-refractivity contribution is 6.30. The Kier molecular flexibility index (Phi) is 5.32. The molecule has 0 saturated heterocycles. The molecule has 90 valence electrons. The molecular weight excluding hydrogens is 271 g/mol. The van der Waals surface area contributed by atoms with E-state index in [2.05, 4.69) is 5.32 Å². The summed E-state index contributed by atoms with van der Waals surface area (Å²) in [5.41, 5.74) is 0.461. The van der Waals surface area contributed by atoms with Gasteiger partial charge in [0.05, 0.1) is 5.02 Å². The number of alkyl halides is 2. The van der Waals surface area contributed by atoms with Crippen molar-refractivity contribution in [1.29, 1.82) is 0 Å². The Morgan fingerprint density at radius 1 is 1.31 bits per heavy atom. The molecule has 0 aliphatic heterocycles. The highest BCUT2D eigenvalue weighted by Gasteiger charge is 2.20. The quantitative estimate of drug-likeness (QED) is 0.811. The van der Waals surface area contributed by atoms with Gasteiger partial charge in [0.2, 0.25) is 0 Å². The fraction of sp³-hybridized carbons (Fsp3) is 0.455. The van der Waals surface area contributed by atoms with Crippen LogP contribution in [0.3, 0.4) is 0 Å².